The van der Waals surface area contributed by atoms with Crippen LogP contribution in [-0.4, -0.2) is 23.7 Å². The molecule has 0 aliphatic heterocycles. The number of aliphatic carboxylic acids is 1. The topological polar surface area (TPSA) is 106 Å². The van der Waals surface area contributed by atoms with E-state index in [1.165, 1.54) is 6.07 Å². The number of benzene rings is 2. The van der Waals surface area contributed by atoms with Gasteiger partial charge in [-0.2, -0.15) is 0 Å². The van der Waals surface area contributed by atoms with E-state index in [9.17, 15) is 14.4 Å². The molecule has 134 valence electrons. The molecule has 0 atom stereocenters. The highest BCUT2D eigenvalue weighted by molar-refractivity contribution is 5.76. The number of nitrogens with one attached hydrogen (secondary N) is 1. The SMILES string of the molecule is O=C(O)CNC(=O)OCc1ccccc1.O=c1ccc2ccccc2o1. The molecule has 26 heavy (non-hydrogen) atoms. The number of carboxylic acid groups (broad SMARTS) is 1. The van der Waals surface area contributed by atoms with Crippen LogP contribution in [0.5, 0.6) is 0 Å². The monoisotopic (exact) mass is 355 g/mol. The maximum atomic E-state index is 10.9. The lowest BCUT2D eigenvalue weighted by Gasteiger charge is -2.04. The lowest BCUT2D eigenvalue weighted by Crippen LogP contribution is -2.29. The molecular weight excluding hydrogens is 338 g/mol. The van der Waals surface area contributed by atoms with E-state index >= 15 is 0 Å². The number of alkyl carbamates (subject to hydrolysis) is 1. The van der Waals surface area contributed by atoms with Gasteiger partial charge in [0.05, 0.1) is 0 Å². The van der Waals surface area contributed by atoms with Crippen molar-refractivity contribution in [3.8, 4) is 0 Å². The zero-order chi connectivity index (χ0) is 18.8. The number of hydrogen-bond acceptors (Lipinski definition) is 5. The molecule has 0 spiro atoms. The zero-order valence-electron chi connectivity index (χ0n) is 13.8. The average Bonchev–Trinajstić information content (AvgIpc) is 2.66. The number of carboxylic acids is 1. The van der Waals surface area contributed by atoms with Crippen molar-refractivity contribution in [3.05, 3.63) is 82.7 Å². The molecule has 2 N–H and O–H groups in total. The van der Waals surface area contributed by atoms with Gasteiger partial charge in [-0.25, -0.2) is 9.59 Å². The van der Waals surface area contributed by atoms with Crippen LogP contribution in [-0.2, 0) is 16.1 Å². The summed E-state index contributed by atoms with van der Waals surface area (Å²) in [5.74, 6) is -1.10. The molecule has 0 saturated heterocycles. The lowest BCUT2D eigenvalue weighted by atomic mass is 10.2. The summed E-state index contributed by atoms with van der Waals surface area (Å²) >= 11 is 0. The number of rotatable bonds is 4. The third-order valence-electron chi connectivity index (χ3n) is 3.13. The molecule has 7 nitrogen and oxygen atoms in total. The zero-order valence-corrected chi connectivity index (χ0v) is 13.8. The Bertz CT molecular complexity index is 920. The van der Waals surface area contributed by atoms with Crippen molar-refractivity contribution >= 4 is 23.0 Å². The minimum absolute atomic E-state index is 0.131. The van der Waals surface area contributed by atoms with Crippen LogP contribution < -0.4 is 10.9 Å². The molecule has 3 rings (SSSR count). The van der Waals surface area contributed by atoms with Crippen LogP contribution in [0.3, 0.4) is 0 Å². The molecular formula is C19H17NO6. The van der Waals surface area contributed by atoms with Gasteiger partial charge in [0, 0.05) is 11.5 Å². The van der Waals surface area contributed by atoms with Gasteiger partial charge >= 0.3 is 17.7 Å². The summed E-state index contributed by atoms with van der Waals surface area (Å²) in [6.45, 7) is -0.306. The second-order valence-electron chi connectivity index (χ2n) is 5.10. The summed E-state index contributed by atoms with van der Waals surface area (Å²) < 4.78 is 9.67. The average molecular weight is 355 g/mol. The van der Waals surface area contributed by atoms with Crippen molar-refractivity contribution in [2.45, 2.75) is 6.61 Å². The van der Waals surface area contributed by atoms with Gasteiger partial charge in [0.15, 0.2) is 0 Å². The first-order chi connectivity index (χ1) is 12.5. The van der Waals surface area contributed by atoms with Crippen LogP contribution in [0.2, 0.25) is 0 Å². The Hall–Kier alpha value is -3.61. The summed E-state index contributed by atoms with van der Waals surface area (Å²) in [6.07, 6.45) is -0.735. The molecule has 2 aromatic carbocycles. The molecule has 0 bridgehead atoms. The van der Waals surface area contributed by atoms with Gasteiger partial charge in [-0.1, -0.05) is 48.5 Å². The highest BCUT2D eigenvalue weighted by Gasteiger charge is 2.04. The first-order valence-corrected chi connectivity index (χ1v) is 7.70. The number of carbonyl (C=O) groups excluding carboxylic acids is 1. The highest BCUT2D eigenvalue weighted by Crippen LogP contribution is 2.09. The number of fused-ring (bicyclic) bond motifs is 1. The first kappa shape index (κ1) is 18.7. The molecule has 0 saturated carbocycles. The largest absolute Gasteiger partial charge is 0.480 e. The third-order valence-corrected chi connectivity index (χ3v) is 3.13. The van der Waals surface area contributed by atoms with Crippen LogP contribution in [0.1, 0.15) is 5.56 Å². The van der Waals surface area contributed by atoms with E-state index in [2.05, 4.69) is 5.32 Å². The quantitative estimate of drug-likeness (QED) is 0.697. The van der Waals surface area contributed by atoms with Crippen molar-refractivity contribution in [2.24, 2.45) is 0 Å². The lowest BCUT2D eigenvalue weighted by molar-refractivity contribution is -0.135. The molecule has 0 unspecified atom stereocenters. The molecule has 3 aromatic rings. The molecule has 0 aliphatic rings. The van der Waals surface area contributed by atoms with E-state index < -0.39 is 18.6 Å². The Morgan fingerprint density at radius 3 is 2.38 bits per heavy atom. The van der Waals surface area contributed by atoms with Gasteiger partial charge in [-0.05, 0) is 17.7 Å². The summed E-state index contributed by atoms with van der Waals surface area (Å²) in [4.78, 5) is 31.7. The maximum Gasteiger partial charge on any atom is 0.407 e. The Labute approximate surface area is 148 Å². The standard InChI is InChI=1S/C10H11NO4.C9H6O2/c12-9(13)6-11-10(14)15-7-8-4-2-1-3-5-8;10-9-6-5-7-3-1-2-4-8(7)11-9/h1-5H,6-7H2,(H,11,14)(H,12,13);1-6H. The number of para-hydroxylation sites is 1. The minimum Gasteiger partial charge on any atom is -0.480 e. The normalized spacial score (nSPS) is 9.69. The summed E-state index contributed by atoms with van der Waals surface area (Å²) in [5, 5.41) is 11.3. The molecule has 7 heteroatoms. The van der Waals surface area contributed by atoms with E-state index in [0.717, 1.165) is 10.9 Å². The third kappa shape index (κ3) is 6.48. The molecule has 0 aliphatic carbocycles. The van der Waals surface area contributed by atoms with Crippen molar-refractivity contribution < 1.29 is 23.8 Å². The van der Waals surface area contributed by atoms with E-state index in [-0.39, 0.29) is 12.2 Å². The summed E-state index contributed by atoms with van der Waals surface area (Å²) in [5.41, 5.74) is 1.19. The summed E-state index contributed by atoms with van der Waals surface area (Å²) in [6, 6.07) is 19.7. The van der Waals surface area contributed by atoms with Crippen LogP contribution in [0, 0.1) is 0 Å². The Balaban J connectivity index is 0.000000195. The first-order valence-electron chi connectivity index (χ1n) is 7.70. The van der Waals surface area contributed by atoms with Gasteiger partial charge < -0.3 is 19.6 Å². The maximum absolute atomic E-state index is 10.9. The summed E-state index contributed by atoms with van der Waals surface area (Å²) in [7, 11) is 0. The highest BCUT2D eigenvalue weighted by atomic mass is 16.5. The van der Waals surface area contributed by atoms with Crippen LogP contribution in [0.4, 0.5) is 4.79 Å². The van der Waals surface area contributed by atoms with E-state index in [4.69, 9.17) is 14.3 Å². The number of carbonyl (C=O) groups is 2. The minimum atomic E-state index is -1.10. The predicted molar refractivity (Wildman–Crippen MR) is 94.7 cm³/mol. The molecule has 0 fully saturated rings. The fourth-order valence-electron chi connectivity index (χ4n) is 1.93. The van der Waals surface area contributed by atoms with Crippen molar-refractivity contribution in [2.75, 3.05) is 6.54 Å². The fraction of sp³-hybridized carbons (Fsp3) is 0.105. The molecule has 1 aromatic heterocycles. The Kier molecular flexibility index (Phi) is 6.93. The Morgan fingerprint density at radius 2 is 1.65 bits per heavy atom. The van der Waals surface area contributed by atoms with Crippen LogP contribution in [0.15, 0.2) is 75.9 Å². The number of amides is 1. The van der Waals surface area contributed by atoms with Crippen LogP contribution >= 0.6 is 0 Å². The molecule has 1 heterocycles. The van der Waals surface area contributed by atoms with Crippen molar-refractivity contribution in [1.29, 1.82) is 0 Å². The van der Waals surface area contributed by atoms with Crippen LogP contribution in [0.25, 0.3) is 11.0 Å². The van der Waals surface area contributed by atoms with E-state index in [0.29, 0.717) is 5.58 Å². The van der Waals surface area contributed by atoms with Gasteiger partial charge in [-0.3, -0.25) is 4.79 Å². The van der Waals surface area contributed by atoms with E-state index in [1.54, 1.807) is 12.1 Å². The predicted octanol–water partition coefficient (Wildman–Crippen LogP) is 2.79. The van der Waals surface area contributed by atoms with Gasteiger partial charge in [0.2, 0.25) is 0 Å². The number of hydrogen-bond donors (Lipinski definition) is 2. The van der Waals surface area contributed by atoms with E-state index in [1.807, 2.05) is 48.5 Å². The van der Waals surface area contributed by atoms with Crippen molar-refractivity contribution in [3.63, 3.8) is 0 Å². The molecule has 0 radical (unpaired) electrons. The van der Waals surface area contributed by atoms with Gasteiger partial charge in [0.1, 0.15) is 18.7 Å². The fourth-order valence-corrected chi connectivity index (χ4v) is 1.93. The van der Waals surface area contributed by atoms with Crippen molar-refractivity contribution in [1.82, 2.24) is 5.32 Å². The second-order valence-corrected chi connectivity index (χ2v) is 5.10. The smallest absolute Gasteiger partial charge is 0.407 e. The van der Waals surface area contributed by atoms with Gasteiger partial charge in [0.25, 0.3) is 0 Å². The molecule has 1 amide bonds. The number of ether oxygens (including phenoxy) is 1. The Morgan fingerprint density at radius 1 is 0.962 bits per heavy atom. The van der Waals surface area contributed by atoms with Gasteiger partial charge in [-0.15, -0.1) is 0 Å². The second kappa shape index (κ2) is 9.63.